The number of aromatic nitrogens is 1. The van der Waals surface area contributed by atoms with Gasteiger partial charge in [0.2, 0.25) is 0 Å². The third-order valence-corrected chi connectivity index (χ3v) is 5.25. The maximum atomic E-state index is 13.0. The zero-order valence-corrected chi connectivity index (χ0v) is 16.2. The average Bonchev–Trinajstić information content (AvgIpc) is 3.24. The number of ether oxygens (including phenoxy) is 1. The third kappa shape index (κ3) is 4.07. The van der Waals surface area contributed by atoms with E-state index in [2.05, 4.69) is 10.3 Å². The summed E-state index contributed by atoms with van der Waals surface area (Å²) in [7, 11) is 1.35. The number of thioether (sulfide) groups is 1. The van der Waals surface area contributed by atoms with Gasteiger partial charge in [-0.3, -0.25) is 9.59 Å². The van der Waals surface area contributed by atoms with Crippen molar-refractivity contribution in [2.24, 2.45) is 4.99 Å². The number of carbonyl (C=O) groups is 2. The summed E-state index contributed by atoms with van der Waals surface area (Å²) >= 11 is 1.20. The molecule has 0 aliphatic carbocycles. The molecule has 146 valence electrons. The van der Waals surface area contributed by atoms with Crippen LogP contribution in [0.2, 0.25) is 0 Å². The van der Waals surface area contributed by atoms with Crippen LogP contribution < -0.4 is 5.32 Å². The Morgan fingerprint density at radius 2 is 2.00 bits per heavy atom. The summed E-state index contributed by atoms with van der Waals surface area (Å²) < 4.78 is 19.6. The van der Waals surface area contributed by atoms with Crippen LogP contribution in [0.4, 0.5) is 10.1 Å². The molecule has 29 heavy (non-hydrogen) atoms. The fraction of sp³-hybridized carbons (Fsp3) is 0.0952. The predicted molar refractivity (Wildman–Crippen MR) is 111 cm³/mol. The normalized spacial score (nSPS) is 16.6. The number of para-hydroxylation sites is 1. The Labute approximate surface area is 170 Å². The molecule has 3 aromatic rings. The number of methoxy groups -OCH3 is 1. The Hall–Kier alpha value is -3.39. The van der Waals surface area contributed by atoms with E-state index in [1.54, 1.807) is 10.6 Å². The highest BCUT2D eigenvalue weighted by Gasteiger charge is 2.24. The number of benzene rings is 2. The predicted octanol–water partition coefficient (Wildman–Crippen LogP) is 3.85. The van der Waals surface area contributed by atoms with Crippen LogP contribution in [0.25, 0.3) is 17.0 Å². The Morgan fingerprint density at radius 3 is 2.76 bits per heavy atom. The van der Waals surface area contributed by atoms with Crippen molar-refractivity contribution in [3.05, 3.63) is 71.0 Å². The molecule has 4 rings (SSSR count). The highest BCUT2D eigenvalue weighted by molar-refractivity contribution is 8.18. The smallest absolute Gasteiger partial charge is 0.325 e. The molecule has 2 heterocycles. The van der Waals surface area contributed by atoms with Crippen LogP contribution in [0.1, 0.15) is 5.56 Å². The van der Waals surface area contributed by atoms with E-state index in [1.807, 2.05) is 30.5 Å². The molecule has 1 aromatic heterocycles. The number of nitrogens with zero attached hydrogens (tertiary/aromatic N) is 2. The van der Waals surface area contributed by atoms with Crippen LogP contribution in [0, 0.1) is 5.82 Å². The van der Waals surface area contributed by atoms with Crippen molar-refractivity contribution in [2.75, 3.05) is 7.11 Å². The Kier molecular flexibility index (Phi) is 5.18. The van der Waals surface area contributed by atoms with Crippen LogP contribution in [-0.4, -0.2) is 28.7 Å². The highest BCUT2D eigenvalue weighted by atomic mass is 32.2. The Morgan fingerprint density at radius 1 is 1.24 bits per heavy atom. The van der Waals surface area contributed by atoms with Gasteiger partial charge in [0.15, 0.2) is 5.17 Å². The minimum atomic E-state index is -0.355. The molecule has 1 amide bonds. The van der Waals surface area contributed by atoms with Gasteiger partial charge in [0.05, 0.1) is 17.7 Å². The second kappa shape index (κ2) is 7.92. The summed E-state index contributed by atoms with van der Waals surface area (Å²) in [5.74, 6) is -0.965. The Balaban J connectivity index is 1.65. The number of carbonyl (C=O) groups excluding carboxylic acids is 2. The van der Waals surface area contributed by atoms with E-state index in [-0.39, 0.29) is 24.2 Å². The number of hydrogen-bond acceptors (Lipinski definition) is 5. The van der Waals surface area contributed by atoms with E-state index >= 15 is 0 Å². The van der Waals surface area contributed by atoms with E-state index in [0.29, 0.717) is 15.8 Å². The number of nitrogens with one attached hydrogen (secondary N) is 1. The zero-order chi connectivity index (χ0) is 20.4. The molecule has 0 saturated carbocycles. The topological polar surface area (TPSA) is 72.7 Å². The van der Waals surface area contributed by atoms with Crippen molar-refractivity contribution in [1.29, 1.82) is 0 Å². The van der Waals surface area contributed by atoms with Gasteiger partial charge in [-0.05, 0) is 48.2 Å². The van der Waals surface area contributed by atoms with E-state index < -0.39 is 0 Å². The number of fused-ring (bicyclic) bond motifs is 1. The van der Waals surface area contributed by atoms with E-state index in [9.17, 15) is 14.0 Å². The number of amides is 1. The van der Waals surface area contributed by atoms with E-state index in [4.69, 9.17) is 4.74 Å². The van der Waals surface area contributed by atoms with Gasteiger partial charge in [0.25, 0.3) is 5.91 Å². The standard InChI is InChI=1S/C21H16FN3O3S/c1-28-19(26)12-25-11-13(16-4-2-3-5-17(16)25)10-18-20(27)24-21(29-18)23-15-8-6-14(22)7-9-15/h2-11H,12H2,1H3,(H,23,24,27)/b18-10-. The quantitative estimate of drug-likeness (QED) is 0.525. The maximum absolute atomic E-state index is 13.0. The van der Waals surface area contributed by atoms with Gasteiger partial charge in [0.1, 0.15) is 12.4 Å². The number of halogens is 1. The van der Waals surface area contributed by atoms with Crippen molar-refractivity contribution in [2.45, 2.75) is 6.54 Å². The second-order valence-electron chi connectivity index (χ2n) is 6.26. The second-order valence-corrected chi connectivity index (χ2v) is 7.29. The average molecular weight is 409 g/mol. The maximum Gasteiger partial charge on any atom is 0.325 e. The molecule has 6 nitrogen and oxygen atoms in total. The number of amidine groups is 1. The van der Waals surface area contributed by atoms with Gasteiger partial charge in [-0.25, -0.2) is 9.38 Å². The summed E-state index contributed by atoms with van der Waals surface area (Å²) in [6.45, 7) is 0.0802. The molecule has 1 aliphatic heterocycles. The number of esters is 1. The lowest BCUT2D eigenvalue weighted by Gasteiger charge is -2.02. The summed E-state index contributed by atoms with van der Waals surface area (Å²) in [4.78, 5) is 28.9. The molecule has 0 radical (unpaired) electrons. The van der Waals surface area contributed by atoms with Crippen molar-refractivity contribution < 1.29 is 18.7 Å². The lowest BCUT2D eigenvalue weighted by atomic mass is 10.1. The first-order valence-electron chi connectivity index (χ1n) is 8.73. The molecule has 1 N–H and O–H groups in total. The molecule has 0 bridgehead atoms. The van der Waals surface area contributed by atoms with Crippen LogP contribution in [0.15, 0.2) is 64.6 Å². The van der Waals surface area contributed by atoms with E-state index in [0.717, 1.165) is 16.5 Å². The fourth-order valence-corrected chi connectivity index (χ4v) is 3.81. The Bertz CT molecular complexity index is 1170. The molecule has 0 unspecified atom stereocenters. The number of rotatable bonds is 4. The summed E-state index contributed by atoms with van der Waals surface area (Å²) in [5, 5.41) is 4.05. The largest absolute Gasteiger partial charge is 0.468 e. The lowest BCUT2D eigenvalue weighted by Crippen LogP contribution is -2.19. The zero-order valence-electron chi connectivity index (χ0n) is 15.4. The van der Waals surface area contributed by atoms with Gasteiger partial charge in [-0.15, -0.1) is 0 Å². The molecule has 0 spiro atoms. The molecule has 2 aromatic carbocycles. The minimum absolute atomic E-state index is 0.0802. The SMILES string of the molecule is COC(=O)Cn1cc(/C=C2\SC(=Nc3ccc(F)cc3)NC2=O)c2ccccc21. The van der Waals surface area contributed by atoms with Gasteiger partial charge >= 0.3 is 5.97 Å². The van der Waals surface area contributed by atoms with Gasteiger partial charge in [0, 0.05) is 22.7 Å². The van der Waals surface area contributed by atoms with Crippen molar-refractivity contribution in [3.8, 4) is 0 Å². The van der Waals surface area contributed by atoms with Crippen LogP contribution >= 0.6 is 11.8 Å². The van der Waals surface area contributed by atoms with Gasteiger partial charge in [-0.2, -0.15) is 0 Å². The monoisotopic (exact) mass is 409 g/mol. The van der Waals surface area contributed by atoms with E-state index in [1.165, 1.54) is 43.1 Å². The number of aliphatic imine (C=N–C) groups is 1. The van der Waals surface area contributed by atoms with Crippen molar-refractivity contribution >= 4 is 51.5 Å². The molecular weight excluding hydrogens is 393 g/mol. The highest BCUT2D eigenvalue weighted by Crippen LogP contribution is 2.31. The first-order valence-corrected chi connectivity index (χ1v) is 9.55. The van der Waals surface area contributed by atoms with Crippen LogP contribution in [0.3, 0.4) is 0 Å². The third-order valence-electron chi connectivity index (χ3n) is 4.34. The molecule has 0 atom stereocenters. The summed E-state index contributed by atoms with van der Waals surface area (Å²) in [6, 6.07) is 13.3. The first kappa shape index (κ1) is 18.9. The molecule has 1 saturated heterocycles. The first-order chi connectivity index (χ1) is 14.0. The van der Waals surface area contributed by atoms with Crippen molar-refractivity contribution in [3.63, 3.8) is 0 Å². The summed E-state index contributed by atoms with van der Waals surface area (Å²) in [5.41, 5.74) is 2.23. The molecule has 8 heteroatoms. The molecule has 1 aliphatic rings. The minimum Gasteiger partial charge on any atom is -0.468 e. The summed E-state index contributed by atoms with van der Waals surface area (Å²) in [6.07, 6.45) is 3.58. The number of hydrogen-bond donors (Lipinski definition) is 1. The van der Waals surface area contributed by atoms with Gasteiger partial charge < -0.3 is 14.6 Å². The lowest BCUT2D eigenvalue weighted by molar-refractivity contribution is -0.141. The molecular formula is C21H16FN3O3S. The van der Waals surface area contributed by atoms with Crippen LogP contribution in [0.5, 0.6) is 0 Å². The fourth-order valence-electron chi connectivity index (χ4n) is 2.98. The van der Waals surface area contributed by atoms with Crippen LogP contribution in [-0.2, 0) is 20.9 Å². The van der Waals surface area contributed by atoms with Crippen molar-refractivity contribution in [1.82, 2.24) is 9.88 Å². The molecule has 1 fully saturated rings. The van der Waals surface area contributed by atoms with Gasteiger partial charge in [-0.1, -0.05) is 18.2 Å².